The number of carbonyl (C=O) groups excluding carboxylic acids is 1. The van der Waals surface area contributed by atoms with Crippen LogP contribution >= 0.6 is 0 Å². The molecule has 1 amide bonds. The van der Waals surface area contributed by atoms with Crippen LogP contribution in [0, 0.1) is 17.8 Å². The van der Waals surface area contributed by atoms with Crippen LogP contribution in [0.25, 0.3) is 0 Å². The molecule has 2 aromatic rings. The lowest BCUT2D eigenvalue weighted by molar-refractivity contribution is -0.120. The van der Waals surface area contributed by atoms with Gasteiger partial charge in [-0.2, -0.15) is 0 Å². The Bertz CT molecular complexity index is 868. The SMILES string of the molecule is CC(=O)NC[C@H]1[C@@H](c2ccc(C#CC(C)C)cc2)[C@@H](CO)N1Cc1ccccn1. The monoisotopic (exact) mass is 391 g/mol. The van der Waals surface area contributed by atoms with Crippen molar-refractivity contribution in [3.8, 4) is 11.8 Å². The number of pyridine rings is 1. The fourth-order valence-electron chi connectivity index (χ4n) is 3.90. The van der Waals surface area contributed by atoms with Crippen molar-refractivity contribution < 1.29 is 9.90 Å². The Morgan fingerprint density at radius 2 is 1.97 bits per heavy atom. The summed E-state index contributed by atoms with van der Waals surface area (Å²) in [4.78, 5) is 18.2. The van der Waals surface area contributed by atoms with E-state index >= 15 is 0 Å². The quantitative estimate of drug-likeness (QED) is 0.743. The number of hydrogen-bond donors (Lipinski definition) is 2. The summed E-state index contributed by atoms with van der Waals surface area (Å²) in [5, 5.41) is 13.0. The summed E-state index contributed by atoms with van der Waals surface area (Å²) in [5.41, 5.74) is 3.11. The van der Waals surface area contributed by atoms with Crippen molar-refractivity contribution in [1.29, 1.82) is 0 Å². The third-order valence-electron chi connectivity index (χ3n) is 5.30. The van der Waals surface area contributed by atoms with E-state index in [0.29, 0.717) is 19.0 Å². The van der Waals surface area contributed by atoms with Crippen molar-refractivity contribution in [3.63, 3.8) is 0 Å². The fourth-order valence-corrected chi connectivity index (χ4v) is 3.90. The highest BCUT2D eigenvalue weighted by molar-refractivity contribution is 5.72. The van der Waals surface area contributed by atoms with E-state index in [2.05, 4.69) is 53.0 Å². The average Bonchev–Trinajstić information content (AvgIpc) is 2.70. The van der Waals surface area contributed by atoms with Crippen LogP contribution in [-0.4, -0.2) is 46.1 Å². The van der Waals surface area contributed by atoms with Crippen LogP contribution in [0.5, 0.6) is 0 Å². The lowest BCUT2D eigenvalue weighted by Crippen LogP contribution is -2.66. The molecule has 3 atom stereocenters. The Morgan fingerprint density at radius 3 is 2.55 bits per heavy atom. The summed E-state index contributed by atoms with van der Waals surface area (Å²) in [6.07, 6.45) is 1.78. The van der Waals surface area contributed by atoms with Gasteiger partial charge < -0.3 is 10.4 Å². The van der Waals surface area contributed by atoms with E-state index in [4.69, 9.17) is 0 Å². The van der Waals surface area contributed by atoms with Crippen LogP contribution in [0.4, 0.5) is 0 Å². The number of benzene rings is 1. The third-order valence-corrected chi connectivity index (χ3v) is 5.30. The maximum Gasteiger partial charge on any atom is 0.216 e. The molecule has 3 rings (SSSR count). The van der Waals surface area contributed by atoms with Crippen LogP contribution < -0.4 is 5.32 Å². The molecule has 2 N–H and O–H groups in total. The number of hydrogen-bond acceptors (Lipinski definition) is 4. The van der Waals surface area contributed by atoms with E-state index in [1.54, 1.807) is 6.20 Å². The number of aliphatic hydroxyl groups excluding tert-OH is 1. The molecule has 1 aromatic heterocycles. The summed E-state index contributed by atoms with van der Waals surface area (Å²) in [6.45, 7) is 6.92. The van der Waals surface area contributed by atoms with Crippen molar-refractivity contribution in [2.45, 2.75) is 45.3 Å². The number of nitrogens with one attached hydrogen (secondary N) is 1. The van der Waals surface area contributed by atoms with E-state index in [1.807, 2.05) is 30.3 Å². The largest absolute Gasteiger partial charge is 0.395 e. The zero-order valence-electron chi connectivity index (χ0n) is 17.3. The van der Waals surface area contributed by atoms with Gasteiger partial charge in [0.2, 0.25) is 5.91 Å². The van der Waals surface area contributed by atoms with Crippen LogP contribution in [0.15, 0.2) is 48.7 Å². The van der Waals surface area contributed by atoms with E-state index in [-0.39, 0.29) is 30.5 Å². The number of nitrogens with zero attached hydrogens (tertiary/aromatic N) is 2. The molecule has 2 heterocycles. The van der Waals surface area contributed by atoms with Crippen LogP contribution in [-0.2, 0) is 11.3 Å². The van der Waals surface area contributed by atoms with E-state index in [1.165, 1.54) is 6.92 Å². The van der Waals surface area contributed by atoms with Gasteiger partial charge in [0, 0.05) is 55.7 Å². The van der Waals surface area contributed by atoms with Gasteiger partial charge in [-0.05, 0) is 29.8 Å². The predicted octanol–water partition coefficient (Wildman–Crippen LogP) is 2.55. The minimum Gasteiger partial charge on any atom is -0.395 e. The average molecular weight is 392 g/mol. The van der Waals surface area contributed by atoms with Gasteiger partial charge >= 0.3 is 0 Å². The number of rotatable bonds is 6. The van der Waals surface area contributed by atoms with E-state index < -0.39 is 0 Å². The second-order valence-corrected chi connectivity index (χ2v) is 7.82. The van der Waals surface area contributed by atoms with Gasteiger partial charge in [-0.25, -0.2) is 0 Å². The second kappa shape index (κ2) is 9.69. The first kappa shape index (κ1) is 21.0. The second-order valence-electron chi connectivity index (χ2n) is 7.82. The van der Waals surface area contributed by atoms with Gasteiger partial charge in [0.25, 0.3) is 0 Å². The molecule has 29 heavy (non-hydrogen) atoms. The molecule has 0 unspecified atom stereocenters. The van der Waals surface area contributed by atoms with Crippen LogP contribution in [0.1, 0.15) is 43.5 Å². The molecule has 1 fully saturated rings. The summed E-state index contributed by atoms with van der Waals surface area (Å²) in [5.74, 6) is 6.80. The summed E-state index contributed by atoms with van der Waals surface area (Å²) in [6, 6.07) is 14.2. The van der Waals surface area contributed by atoms with Gasteiger partial charge in [-0.3, -0.25) is 14.7 Å². The summed E-state index contributed by atoms with van der Waals surface area (Å²) >= 11 is 0. The molecule has 1 saturated heterocycles. The van der Waals surface area contributed by atoms with Crippen molar-refractivity contribution in [1.82, 2.24) is 15.2 Å². The normalized spacial score (nSPS) is 21.2. The summed E-state index contributed by atoms with van der Waals surface area (Å²) in [7, 11) is 0. The minimum absolute atomic E-state index is 0.0108. The zero-order valence-corrected chi connectivity index (χ0v) is 17.3. The highest BCUT2D eigenvalue weighted by atomic mass is 16.3. The highest BCUT2D eigenvalue weighted by Crippen LogP contribution is 2.41. The first-order chi connectivity index (χ1) is 14.0. The number of likely N-dealkylation sites (tertiary alicyclic amines) is 1. The Hall–Kier alpha value is -2.68. The topological polar surface area (TPSA) is 65.5 Å². The van der Waals surface area contributed by atoms with Gasteiger partial charge in [0.05, 0.1) is 12.3 Å². The van der Waals surface area contributed by atoms with E-state index in [0.717, 1.165) is 16.8 Å². The number of aliphatic hydroxyl groups is 1. The molecular weight excluding hydrogens is 362 g/mol. The molecule has 5 nitrogen and oxygen atoms in total. The molecule has 1 aliphatic rings. The Balaban J connectivity index is 1.81. The van der Waals surface area contributed by atoms with Crippen molar-refractivity contribution >= 4 is 5.91 Å². The maximum absolute atomic E-state index is 11.5. The molecule has 1 aliphatic heterocycles. The van der Waals surface area contributed by atoms with Gasteiger partial charge in [-0.1, -0.05) is 43.9 Å². The van der Waals surface area contributed by atoms with Gasteiger partial charge in [-0.15, -0.1) is 0 Å². The molecule has 0 saturated carbocycles. The molecule has 152 valence electrons. The van der Waals surface area contributed by atoms with E-state index in [9.17, 15) is 9.90 Å². The first-order valence-electron chi connectivity index (χ1n) is 10.1. The zero-order chi connectivity index (χ0) is 20.8. The Morgan fingerprint density at radius 1 is 1.21 bits per heavy atom. The number of aromatic nitrogens is 1. The van der Waals surface area contributed by atoms with Crippen molar-refractivity contribution in [2.75, 3.05) is 13.2 Å². The third kappa shape index (κ3) is 5.23. The lowest BCUT2D eigenvalue weighted by atomic mass is 9.74. The van der Waals surface area contributed by atoms with Crippen LogP contribution in [0.2, 0.25) is 0 Å². The molecular formula is C24H29N3O2. The smallest absolute Gasteiger partial charge is 0.216 e. The lowest BCUT2D eigenvalue weighted by Gasteiger charge is -2.55. The molecule has 1 aromatic carbocycles. The number of amides is 1. The predicted molar refractivity (Wildman–Crippen MR) is 114 cm³/mol. The molecule has 0 bridgehead atoms. The highest BCUT2D eigenvalue weighted by Gasteiger charge is 2.48. The Labute approximate surface area is 173 Å². The maximum atomic E-state index is 11.5. The van der Waals surface area contributed by atoms with Gasteiger partial charge in [0.15, 0.2) is 0 Å². The molecule has 0 spiro atoms. The Kier molecular flexibility index (Phi) is 7.03. The first-order valence-corrected chi connectivity index (χ1v) is 10.1. The van der Waals surface area contributed by atoms with Crippen molar-refractivity contribution in [3.05, 3.63) is 65.5 Å². The molecule has 0 radical (unpaired) electrons. The van der Waals surface area contributed by atoms with Crippen LogP contribution in [0.3, 0.4) is 0 Å². The number of carbonyl (C=O) groups is 1. The van der Waals surface area contributed by atoms with Crippen molar-refractivity contribution in [2.24, 2.45) is 5.92 Å². The molecule has 0 aliphatic carbocycles. The summed E-state index contributed by atoms with van der Waals surface area (Å²) < 4.78 is 0. The minimum atomic E-state index is -0.0479. The molecule has 5 heteroatoms. The standard InChI is InChI=1S/C24H29N3O2/c1-17(2)7-8-19-9-11-20(12-10-19)24-22(14-26-18(3)29)27(23(24)16-28)15-21-6-4-5-13-25-21/h4-6,9-13,17,22-24,28H,14-16H2,1-3H3,(H,26,29)/t22-,23+,24+/m0/s1. The van der Waals surface area contributed by atoms with Gasteiger partial charge in [0.1, 0.15) is 0 Å². The fraction of sp³-hybridized carbons (Fsp3) is 0.417.